The summed E-state index contributed by atoms with van der Waals surface area (Å²) >= 11 is 0. The van der Waals surface area contributed by atoms with Crippen LogP contribution >= 0.6 is 0 Å². The van der Waals surface area contributed by atoms with E-state index in [0.717, 1.165) is 50.5 Å². The monoisotopic (exact) mass is 518 g/mol. The normalized spacial score (nSPS) is 19.9. The van der Waals surface area contributed by atoms with Gasteiger partial charge in [-0.15, -0.1) is 0 Å². The van der Waals surface area contributed by atoms with Crippen LogP contribution in [0, 0.1) is 11.7 Å². The average Bonchev–Trinajstić information content (AvgIpc) is 3.35. The predicted molar refractivity (Wildman–Crippen MR) is 150 cm³/mol. The van der Waals surface area contributed by atoms with E-state index in [0.29, 0.717) is 31.9 Å². The highest BCUT2D eigenvalue weighted by molar-refractivity contribution is 5.80. The number of rotatable bonds is 6. The van der Waals surface area contributed by atoms with E-state index in [4.69, 9.17) is 4.98 Å². The summed E-state index contributed by atoms with van der Waals surface area (Å²) in [5.74, 6) is 1.17. The highest BCUT2D eigenvalue weighted by Gasteiger charge is 2.32. The van der Waals surface area contributed by atoms with Crippen LogP contribution in [0.2, 0.25) is 0 Å². The van der Waals surface area contributed by atoms with Crippen LogP contribution in [0.25, 0.3) is 11.0 Å². The van der Waals surface area contributed by atoms with Crippen molar-refractivity contribution in [1.82, 2.24) is 19.4 Å². The molecule has 7 nitrogen and oxygen atoms in total. The zero-order chi connectivity index (χ0) is 25.9. The van der Waals surface area contributed by atoms with Gasteiger partial charge in [0.1, 0.15) is 5.82 Å². The lowest BCUT2D eigenvalue weighted by atomic mass is 9.95. The number of carbonyl (C=O) groups is 1. The molecule has 0 unspecified atom stereocenters. The van der Waals surface area contributed by atoms with Gasteiger partial charge in [-0.05, 0) is 63.0 Å². The Labute approximate surface area is 224 Å². The molecule has 0 atom stereocenters. The number of piperidine rings is 2. The number of piperazine rings is 1. The molecule has 0 N–H and O–H groups in total. The van der Waals surface area contributed by atoms with Gasteiger partial charge in [0.25, 0.3) is 0 Å². The Bertz CT molecular complexity index is 1240. The molecule has 3 aromatic rings. The van der Waals surface area contributed by atoms with Gasteiger partial charge in [0.05, 0.1) is 16.7 Å². The molecule has 202 valence electrons. The third kappa shape index (κ3) is 5.23. The fraction of sp³-hybridized carbons (Fsp3) is 0.533. The van der Waals surface area contributed by atoms with Crippen LogP contribution in [0.4, 0.5) is 16.0 Å². The molecule has 4 heterocycles. The van der Waals surface area contributed by atoms with Crippen molar-refractivity contribution in [2.45, 2.75) is 38.6 Å². The SMILES string of the molecule is O=C(C1CCN(c2nc3ccccc3n2CCN2CCCCC2)CC1)N1CCN(c2ccccc2F)CC1. The number of benzene rings is 2. The summed E-state index contributed by atoms with van der Waals surface area (Å²) in [4.78, 5) is 27.4. The van der Waals surface area contributed by atoms with Crippen molar-refractivity contribution in [2.75, 3.05) is 68.7 Å². The lowest BCUT2D eigenvalue weighted by Gasteiger charge is -2.39. The summed E-state index contributed by atoms with van der Waals surface area (Å²) in [6.07, 6.45) is 5.66. The first-order chi connectivity index (χ1) is 18.7. The molecule has 3 saturated heterocycles. The summed E-state index contributed by atoms with van der Waals surface area (Å²) in [6.45, 7) is 8.74. The largest absolute Gasteiger partial charge is 0.366 e. The first-order valence-corrected chi connectivity index (χ1v) is 14.4. The Hall–Kier alpha value is -3.13. The van der Waals surface area contributed by atoms with E-state index in [1.807, 2.05) is 17.0 Å². The number of imidazole rings is 1. The van der Waals surface area contributed by atoms with Gasteiger partial charge in [-0.3, -0.25) is 4.79 Å². The second-order valence-corrected chi connectivity index (χ2v) is 11.0. The van der Waals surface area contributed by atoms with E-state index in [-0.39, 0.29) is 17.6 Å². The van der Waals surface area contributed by atoms with E-state index in [1.54, 1.807) is 6.07 Å². The van der Waals surface area contributed by atoms with Crippen molar-refractivity contribution in [1.29, 1.82) is 0 Å². The molecule has 1 aromatic heterocycles. The van der Waals surface area contributed by atoms with Gasteiger partial charge in [0.15, 0.2) is 0 Å². The quantitative estimate of drug-likeness (QED) is 0.489. The van der Waals surface area contributed by atoms with Crippen LogP contribution in [0.1, 0.15) is 32.1 Å². The minimum atomic E-state index is -0.193. The third-order valence-corrected chi connectivity index (χ3v) is 8.63. The first-order valence-electron chi connectivity index (χ1n) is 14.4. The lowest BCUT2D eigenvalue weighted by Crippen LogP contribution is -2.52. The maximum absolute atomic E-state index is 14.2. The Morgan fingerprint density at radius 1 is 0.789 bits per heavy atom. The number of halogens is 1. The van der Waals surface area contributed by atoms with Gasteiger partial charge in [-0.2, -0.15) is 0 Å². The zero-order valence-electron chi connectivity index (χ0n) is 22.3. The molecule has 3 aliphatic rings. The molecule has 3 aliphatic heterocycles. The standard InChI is InChI=1S/C30H39FN6O/c31-25-8-2-4-10-27(25)34-19-21-35(22-20-34)29(38)24-12-16-36(17-13-24)30-32-26-9-3-5-11-28(26)37(30)23-18-33-14-6-1-7-15-33/h2-5,8-11,24H,1,6-7,12-23H2. The fourth-order valence-electron chi connectivity index (χ4n) is 6.41. The van der Waals surface area contributed by atoms with Gasteiger partial charge < -0.3 is 24.2 Å². The maximum atomic E-state index is 14.2. The molecular formula is C30H39FN6O. The molecule has 0 saturated carbocycles. The molecule has 6 rings (SSSR count). The number of carbonyl (C=O) groups excluding carboxylic acids is 1. The molecule has 0 radical (unpaired) electrons. The second kappa shape index (κ2) is 11.3. The third-order valence-electron chi connectivity index (χ3n) is 8.63. The van der Waals surface area contributed by atoms with Crippen LogP contribution in [-0.4, -0.2) is 84.2 Å². The number of amides is 1. The van der Waals surface area contributed by atoms with Crippen LogP contribution in [0.5, 0.6) is 0 Å². The predicted octanol–water partition coefficient (Wildman–Crippen LogP) is 4.23. The zero-order valence-corrected chi connectivity index (χ0v) is 22.3. The van der Waals surface area contributed by atoms with Gasteiger partial charge >= 0.3 is 0 Å². The van der Waals surface area contributed by atoms with Crippen molar-refractivity contribution in [2.24, 2.45) is 5.92 Å². The number of aromatic nitrogens is 2. The van der Waals surface area contributed by atoms with Crippen LogP contribution in [0.3, 0.4) is 0 Å². The minimum absolute atomic E-state index is 0.0532. The highest BCUT2D eigenvalue weighted by Crippen LogP contribution is 2.29. The number of likely N-dealkylation sites (tertiary alicyclic amines) is 1. The van der Waals surface area contributed by atoms with E-state index in [1.165, 1.54) is 43.9 Å². The summed E-state index contributed by atoms with van der Waals surface area (Å²) in [5.41, 5.74) is 2.88. The smallest absolute Gasteiger partial charge is 0.225 e. The van der Waals surface area contributed by atoms with Crippen molar-refractivity contribution >= 4 is 28.6 Å². The first kappa shape index (κ1) is 25.2. The van der Waals surface area contributed by atoms with Crippen molar-refractivity contribution in [3.8, 4) is 0 Å². The molecule has 0 bridgehead atoms. The minimum Gasteiger partial charge on any atom is -0.366 e. The van der Waals surface area contributed by atoms with Gasteiger partial charge in [-0.1, -0.05) is 30.7 Å². The Balaban J connectivity index is 1.07. The fourth-order valence-corrected chi connectivity index (χ4v) is 6.41. The van der Waals surface area contributed by atoms with E-state index < -0.39 is 0 Å². The molecule has 8 heteroatoms. The molecular weight excluding hydrogens is 479 g/mol. The number of hydrogen-bond donors (Lipinski definition) is 0. The van der Waals surface area contributed by atoms with E-state index in [9.17, 15) is 9.18 Å². The summed E-state index contributed by atoms with van der Waals surface area (Å²) < 4.78 is 16.6. The number of hydrogen-bond acceptors (Lipinski definition) is 5. The van der Waals surface area contributed by atoms with Crippen molar-refractivity contribution < 1.29 is 9.18 Å². The summed E-state index contributed by atoms with van der Waals surface area (Å²) in [6, 6.07) is 15.4. The van der Waals surface area contributed by atoms with Crippen LogP contribution < -0.4 is 9.80 Å². The number of nitrogens with zero attached hydrogens (tertiary/aromatic N) is 6. The second-order valence-electron chi connectivity index (χ2n) is 11.0. The van der Waals surface area contributed by atoms with Crippen LogP contribution in [-0.2, 0) is 11.3 Å². The average molecular weight is 519 g/mol. The summed E-state index contributed by atoms with van der Waals surface area (Å²) in [7, 11) is 0. The Morgan fingerprint density at radius 2 is 1.50 bits per heavy atom. The molecule has 3 fully saturated rings. The van der Waals surface area contributed by atoms with Crippen molar-refractivity contribution in [3.05, 3.63) is 54.3 Å². The van der Waals surface area contributed by atoms with Gasteiger partial charge in [0, 0.05) is 58.3 Å². The Morgan fingerprint density at radius 3 is 2.26 bits per heavy atom. The maximum Gasteiger partial charge on any atom is 0.225 e. The topological polar surface area (TPSA) is 47.9 Å². The van der Waals surface area contributed by atoms with Crippen LogP contribution in [0.15, 0.2) is 48.5 Å². The van der Waals surface area contributed by atoms with Gasteiger partial charge in [0.2, 0.25) is 11.9 Å². The number of anilines is 2. The molecule has 38 heavy (non-hydrogen) atoms. The summed E-state index contributed by atoms with van der Waals surface area (Å²) in [5, 5.41) is 0. The highest BCUT2D eigenvalue weighted by atomic mass is 19.1. The molecule has 0 aliphatic carbocycles. The van der Waals surface area contributed by atoms with E-state index in [2.05, 4.69) is 43.5 Å². The lowest BCUT2D eigenvalue weighted by molar-refractivity contribution is -0.136. The number of fused-ring (bicyclic) bond motifs is 1. The number of para-hydroxylation sites is 3. The molecule has 2 aromatic carbocycles. The van der Waals surface area contributed by atoms with E-state index >= 15 is 0 Å². The molecule has 1 amide bonds. The molecule has 0 spiro atoms. The Kier molecular flexibility index (Phi) is 7.49. The van der Waals surface area contributed by atoms with Gasteiger partial charge in [-0.25, -0.2) is 9.37 Å². The van der Waals surface area contributed by atoms with Crippen molar-refractivity contribution in [3.63, 3.8) is 0 Å².